The summed E-state index contributed by atoms with van der Waals surface area (Å²) in [6, 6.07) is 7.76. The highest BCUT2D eigenvalue weighted by Crippen LogP contribution is 2.59. The average molecular weight is 313 g/mol. The van der Waals surface area contributed by atoms with Crippen LogP contribution in [0.1, 0.15) is 54.4 Å². The van der Waals surface area contributed by atoms with Gasteiger partial charge in [-0.1, -0.05) is 12.1 Å². The molecule has 5 rings (SSSR count). The van der Waals surface area contributed by atoms with Crippen LogP contribution >= 0.6 is 0 Å². The number of benzene rings is 1. The van der Waals surface area contributed by atoms with Crippen LogP contribution in [0.2, 0.25) is 0 Å². The fourth-order valence-electron chi connectivity index (χ4n) is 5.80. The van der Waals surface area contributed by atoms with Crippen LogP contribution in [-0.4, -0.2) is 19.6 Å². The van der Waals surface area contributed by atoms with E-state index in [-0.39, 0.29) is 5.91 Å². The Labute approximate surface area is 138 Å². The lowest BCUT2D eigenvalue weighted by atomic mass is 9.49. The molecule has 0 saturated heterocycles. The van der Waals surface area contributed by atoms with E-state index in [1.54, 1.807) is 7.11 Å². The SMILES string of the molecule is COCc1ccc(C(=O)NCC23CC4CC(CC(C4)C2)C3)cc1. The lowest BCUT2D eigenvalue weighted by Crippen LogP contribution is -2.51. The van der Waals surface area contributed by atoms with Gasteiger partial charge in [0.15, 0.2) is 0 Å². The molecule has 4 aliphatic rings. The van der Waals surface area contributed by atoms with E-state index in [4.69, 9.17) is 4.74 Å². The number of rotatable bonds is 5. The van der Waals surface area contributed by atoms with Crippen molar-refractivity contribution in [3.05, 3.63) is 35.4 Å². The highest BCUT2D eigenvalue weighted by atomic mass is 16.5. The Kier molecular flexibility index (Phi) is 3.92. The lowest BCUT2D eigenvalue weighted by Gasteiger charge is -2.56. The highest BCUT2D eigenvalue weighted by Gasteiger charge is 2.50. The molecule has 0 aromatic heterocycles. The first-order chi connectivity index (χ1) is 11.2. The van der Waals surface area contributed by atoms with E-state index in [0.717, 1.165) is 35.4 Å². The molecule has 1 amide bonds. The number of amides is 1. The first-order valence-corrected chi connectivity index (χ1v) is 9.02. The van der Waals surface area contributed by atoms with Gasteiger partial charge in [0.1, 0.15) is 0 Å². The van der Waals surface area contributed by atoms with Gasteiger partial charge in [-0.05, 0) is 79.4 Å². The van der Waals surface area contributed by atoms with Crippen LogP contribution in [0, 0.1) is 23.2 Å². The van der Waals surface area contributed by atoms with Gasteiger partial charge in [0, 0.05) is 19.2 Å². The van der Waals surface area contributed by atoms with E-state index < -0.39 is 0 Å². The smallest absolute Gasteiger partial charge is 0.251 e. The van der Waals surface area contributed by atoms with Crippen LogP contribution in [0.5, 0.6) is 0 Å². The zero-order valence-electron chi connectivity index (χ0n) is 14.0. The summed E-state index contributed by atoms with van der Waals surface area (Å²) in [5, 5.41) is 3.24. The van der Waals surface area contributed by atoms with Crippen LogP contribution in [0.15, 0.2) is 24.3 Å². The monoisotopic (exact) mass is 313 g/mol. The Balaban J connectivity index is 1.38. The van der Waals surface area contributed by atoms with E-state index >= 15 is 0 Å². The normalized spacial score (nSPS) is 34.6. The van der Waals surface area contributed by atoms with Crippen molar-refractivity contribution in [3.8, 4) is 0 Å². The van der Waals surface area contributed by atoms with Crippen molar-refractivity contribution >= 4 is 5.91 Å². The highest BCUT2D eigenvalue weighted by molar-refractivity contribution is 5.94. The third-order valence-corrected chi connectivity index (χ3v) is 6.32. The maximum atomic E-state index is 12.5. The molecule has 0 aliphatic heterocycles. The second-order valence-corrected chi connectivity index (χ2v) is 8.23. The van der Waals surface area contributed by atoms with Gasteiger partial charge in [-0.15, -0.1) is 0 Å². The number of hydrogen-bond acceptors (Lipinski definition) is 2. The molecule has 4 bridgehead atoms. The first kappa shape index (κ1) is 15.2. The Bertz CT molecular complexity index is 543. The second-order valence-electron chi connectivity index (χ2n) is 8.23. The molecule has 4 saturated carbocycles. The van der Waals surface area contributed by atoms with Crippen LogP contribution in [-0.2, 0) is 11.3 Å². The lowest BCUT2D eigenvalue weighted by molar-refractivity contribution is -0.0503. The molecule has 1 N–H and O–H groups in total. The molecule has 0 radical (unpaired) electrons. The summed E-state index contributed by atoms with van der Waals surface area (Å²) in [6.45, 7) is 1.46. The van der Waals surface area contributed by atoms with Crippen molar-refractivity contribution in [1.29, 1.82) is 0 Å². The number of nitrogens with one attached hydrogen (secondary N) is 1. The largest absolute Gasteiger partial charge is 0.380 e. The van der Waals surface area contributed by atoms with Crippen molar-refractivity contribution in [2.75, 3.05) is 13.7 Å². The molecule has 0 unspecified atom stereocenters. The molecule has 3 nitrogen and oxygen atoms in total. The standard InChI is InChI=1S/C20H27NO2/c1-23-12-14-2-4-18(5-3-14)19(22)21-13-20-9-15-6-16(10-20)8-17(7-15)11-20/h2-5,15-17H,6-13H2,1H3,(H,21,22). The zero-order chi connectivity index (χ0) is 15.9. The summed E-state index contributed by atoms with van der Waals surface area (Å²) in [7, 11) is 1.69. The van der Waals surface area contributed by atoms with E-state index in [0.29, 0.717) is 12.0 Å². The summed E-state index contributed by atoms with van der Waals surface area (Å²) in [5.74, 6) is 2.88. The van der Waals surface area contributed by atoms with Crippen molar-refractivity contribution in [3.63, 3.8) is 0 Å². The molecule has 23 heavy (non-hydrogen) atoms. The van der Waals surface area contributed by atoms with Gasteiger partial charge in [0.2, 0.25) is 0 Å². The number of carbonyl (C=O) groups excluding carboxylic acids is 1. The van der Waals surface area contributed by atoms with Crippen LogP contribution < -0.4 is 5.32 Å². The molecule has 0 atom stereocenters. The molecule has 1 aromatic carbocycles. The van der Waals surface area contributed by atoms with Crippen molar-refractivity contribution < 1.29 is 9.53 Å². The van der Waals surface area contributed by atoms with Crippen molar-refractivity contribution in [2.45, 2.75) is 45.1 Å². The fourth-order valence-corrected chi connectivity index (χ4v) is 5.80. The summed E-state index contributed by atoms with van der Waals surface area (Å²) < 4.78 is 5.11. The molecular weight excluding hydrogens is 286 g/mol. The minimum absolute atomic E-state index is 0.0738. The van der Waals surface area contributed by atoms with Crippen LogP contribution in [0.25, 0.3) is 0 Å². The Morgan fingerprint density at radius 1 is 1.09 bits per heavy atom. The van der Waals surface area contributed by atoms with Gasteiger partial charge in [-0.3, -0.25) is 4.79 Å². The predicted octanol–water partition coefficient (Wildman–Crippen LogP) is 3.78. The maximum absolute atomic E-state index is 12.5. The number of methoxy groups -OCH3 is 1. The Hall–Kier alpha value is -1.35. The van der Waals surface area contributed by atoms with E-state index in [1.807, 2.05) is 24.3 Å². The van der Waals surface area contributed by atoms with Crippen LogP contribution in [0.3, 0.4) is 0 Å². The van der Waals surface area contributed by atoms with Gasteiger partial charge in [-0.2, -0.15) is 0 Å². The van der Waals surface area contributed by atoms with E-state index in [2.05, 4.69) is 5.32 Å². The summed E-state index contributed by atoms with van der Waals surface area (Å²) in [4.78, 5) is 12.5. The van der Waals surface area contributed by atoms with Gasteiger partial charge in [0.05, 0.1) is 6.61 Å². The molecule has 124 valence electrons. The number of ether oxygens (including phenoxy) is 1. The van der Waals surface area contributed by atoms with Crippen molar-refractivity contribution in [1.82, 2.24) is 5.32 Å². The molecule has 3 heteroatoms. The molecule has 4 fully saturated rings. The van der Waals surface area contributed by atoms with Crippen LogP contribution in [0.4, 0.5) is 0 Å². The van der Waals surface area contributed by atoms with Gasteiger partial charge in [0.25, 0.3) is 5.91 Å². The van der Waals surface area contributed by atoms with Crippen molar-refractivity contribution in [2.24, 2.45) is 23.2 Å². The average Bonchev–Trinajstić information content (AvgIpc) is 2.52. The second kappa shape index (κ2) is 5.94. The molecular formula is C20H27NO2. The molecule has 0 spiro atoms. The van der Waals surface area contributed by atoms with E-state index in [1.165, 1.54) is 38.5 Å². The zero-order valence-corrected chi connectivity index (χ0v) is 14.0. The van der Waals surface area contributed by atoms with Gasteiger partial charge >= 0.3 is 0 Å². The number of hydrogen-bond donors (Lipinski definition) is 1. The minimum Gasteiger partial charge on any atom is -0.380 e. The Morgan fingerprint density at radius 2 is 1.65 bits per heavy atom. The molecule has 4 aliphatic carbocycles. The number of carbonyl (C=O) groups is 1. The minimum atomic E-state index is 0.0738. The third kappa shape index (κ3) is 3.03. The molecule has 0 heterocycles. The summed E-state index contributed by atoms with van der Waals surface area (Å²) in [5.41, 5.74) is 2.26. The fraction of sp³-hybridized carbons (Fsp3) is 0.650. The van der Waals surface area contributed by atoms with E-state index in [9.17, 15) is 4.79 Å². The molecule has 1 aromatic rings. The summed E-state index contributed by atoms with van der Waals surface area (Å²) >= 11 is 0. The quantitative estimate of drug-likeness (QED) is 0.898. The topological polar surface area (TPSA) is 38.3 Å². The summed E-state index contributed by atoms with van der Waals surface area (Å²) in [6.07, 6.45) is 8.38. The van der Waals surface area contributed by atoms with Gasteiger partial charge in [-0.25, -0.2) is 0 Å². The third-order valence-electron chi connectivity index (χ3n) is 6.32. The van der Waals surface area contributed by atoms with Gasteiger partial charge < -0.3 is 10.1 Å². The predicted molar refractivity (Wildman–Crippen MR) is 90.1 cm³/mol. The first-order valence-electron chi connectivity index (χ1n) is 9.02. The maximum Gasteiger partial charge on any atom is 0.251 e. The Morgan fingerprint density at radius 3 is 2.17 bits per heavy atom.